The molecular weight excluding hydrogens is 686 g/mol. The second-order valence-electron chi connectivity index (χ2n) is 13.3. The molecule has 2 aliphatic heterocycles. The quantitative estimate of drug-likeness (QED) is 0.0631. The highest BCUT2D eigenvalue weighted by molar-refractivity contribution is 8.00. The molecule has 2 rings (SSSR count). The topological polar surface area (TPSA) is 163 Å². The number of amides is 3. The van der Waals surface area contributed by atoms with E-state index in [0.717, 1.165) is 31.6 Å². The van der Waals surface area contributed by atoms with Gasteiger partial charge in [-0.1, -0.05) is 27.2 Å². The lowest BCUT2D eigenvalue weighted by atomic mass is 9.99. The maximum absolute atomic E-state index is 12.0. The molecule has 51 heavy (non-hydrogen) atoms. The van der Waals surface area contributed by atoms with Crippen molar-refractivity contribution in [2.75, 3.05) is 144 Å². The summed E-state index contributed by atoms with van der Waals surface area (Å²) >= 11 is 1.90. The molecule has 2 aliphatic rings. The van der Waals surface area contributed by atoms with E-state index in [-0.39, 0.29) is 29.4 Å². The molecule has 2 heterocycles. The summed E-state index contributed by atoms with van der Waals surface area (Å²) in [5.74, 6) is 1.01. The van der Waals surface area contributed by atoms with Gasteiger partial charge in [0.1, 0.15) is 0 Å². The van der Waals surface area contributed by atoms with E-state index in [1.165, 1.54) is 0 Å². The summed E-state index contributed by atoms with van der Waals surface area (Å²) in [6.07, 6.45) is 3.35. The van der Waals surface area contributed by atoms with E-state index >= 15 is 0 Å². The third kappa shape index (κ3) is 27.0. The van der Waals surface area contributed by atoms with Gasteiger partial charge in [-0.2, -0.15) is 11.8 Å². The lowest BCUT2D eigenvalue weighted by molar-refractivity contribution is -0.121. The van der Waals surface area contributed by atoms with Gasteiger partial charge in [0, 0.05) is 24.0 Å². The Kier molecular flexibility index (Phi) is 27.9. The molecule has 2 saturated heterocycles. The first kappa shape index (κ1) is 45.8. The standard InChI is InChI=1S/C35H67N3O12S/c1-35(2,3)29-50-27-26-49-25-24-48-23-22-47-21-20-46-19-18-45-17-16-44-15-14-43-13-12-42-11-10-41-9-8-36-32(39)7-5-4-6-31-33-30(28-51-31)37-34(40)38-33/h30-31,33H,4-29H2,1-3H3,(H,36,39)(H2,37,38,40). The molecule has 3 amide bonds. The minimum Gasteiger partial charge on any atom is -0.379 e. The van der Waals surface area contributed by atoms with Crippen molar-refractivity contribution < 1.29 is 57.0 Å². The number of rotatable bonds is 36. The fourth-order valence-electron chi connectivity index (χ4n) is 4.98. The second kappa shape index (κ2) is 31.1. The molecule has 15 nitrogen and oxygen atoms in total. The zero-order valence-corrected chi connectivity index (χ0v) is 32.2. The summed E-state index contributed by atoms with van der Waals surface area (Å²) in [6, 6.07) is 0.412. The van der Waals surface area contributed by atoms with E-state index < -0.39 is 0 Å². The molecule has 0 saturated carbocycles. The highest BCUT2D eigenvalue weighted by atomic mass is 32.2. The van der Waals surface area contributed by atoms with E-state index in [1.807, 2.05) is 11.8 Å². The van der Waals surface area contributed by atoms with Crippen LogP contribution in [-0.4, -0.2) is 174 Å². The van der Waals surface area contributed by atoms with Crippen LogP contribution in [-0.2, 0) is 52.2 Å². The summed E-state index contributed by atoms with van der Waals surface area (Å²) in [5, 5.41) is 9.29. The molecule has 0 aromatic carbocycles. The Morgan fingerprint density at radius 3 is 1.47 bits per heavy atom. The molecule has 0 aromatic rings. The number of ether oxygens (including phenoxy) is 10. The molecule has 3 unspecified atom stereocenters. The Balaban J connectivity index is 1.16. The Bertz CT molecular complexity index is 857. The molecule has 300 valence electrons. The molecule has 0 aromatic heterocycles. The zero-order valence-electron chi connectivity index (χ0n) is 31.4. The largest absolute Gasteiger partial charge is 0.379 e. The monoisotopic (exact) mass is 753 g/mol. The summed E-state index contributed by atoms with van der Waals surface area (Å²) in [5.41, 5.74) is 0.177. The van der Waals surface area contributed by atoms with Crippen LogP contribution in [0.1, 0.15) is 46.5 Å². The maximum atomic E-state index is 12.0. The van der Waals surface area contributed by atoms with Crippen LogP contribution in [0.25, 0.3) is 0 Å². The van der Waals surface area contributed by atoms with Gasteiger partial charge in [0.05, 0.1) is 144 Å². The zero-order chi connectivity index (χ0) is 36.7. The number of thioether (sulfide) groups is 1. The highest BCUT2D eigenvalue weighted by Gasteiger charge is 2.42. The van der Waals surface area contributed by atoms with Crippen LogP contribution in [0.4, 0.5) is 4.79 Å². The number of hydrogen-bond donors (Lipinski definition) is 3. The summed E-state index contributed by atoms with van der Waals surface area (Å²) in [4.78, 5) is 23.5. The van der Waals surface area contributed by atoms with Crippen molar-refractivity contribution in [3.05, 3.63) is 0 Å². The van der Waals surface area contributed by atoms with Gasteiger partial charge in [-0.05, 0) is 18.3 Å². The van der Waals surface area contributed by atoms with E-state index in [9.17, 15) is 9.59 Å². The molecular formula is C35H67N3O12S. The van der Waals surface area contributed by atoms with Crippen molar-refractivity contribution >= 4 is 23.7 Å². The Hall–Kier alpha value is -1.31. The number of carbonyl (C=O) groups excluding carboxylic acids is 2. The number of nitrogens with one attached hydrogen (secondary N) is 3. The molecule has 3 N–H and O–H groups in total. The number of hydrogen-bond acceptors (Lipinski definition) is 13. The predicted molar refractivity (Wildman–Crippen MR) is 195 cm³/mol. The van der Waals surface area contributed by atoms with Gasteiger partial charge in [0.15, 0.2) is 0 Å². The molecule has 0 spiro atoms. The van der Waals surface area contributed by atoms with Crippen LogP contribution in [0, 0.1) is 5.41 Å². The van der Waals surface area contributed by atoms with Crippen molar-refractivity contribution in [1.29, 1.82) is 0 Å². The van der Waals surface area contributed by atoms with E-state index in [0.29, 0.717) is 144 Å². The third-order valence-corrected chi connectivity index (χ3v) is 9.04. The number of unbranched alkanes of at least 4 members (excludes halogenated alkanes) is 1. The van der Waals surface area contributed by atoms with Gasteiger partial charge in [-0.3, -0.25) is 4.79 Å². The number of fused-ring (bicyclic) bond motifs is 1. The van der Waals surface area contributed by atoms with Crippen LogP contribution in [0.15, 0.2) is 0 Å². The SMILES string of the molecule is CC(C)(C)COCCOCCOCCOCCOCCOCCOCCOCCOCCOCCNC(=O)CCCCC1SCC2NC(=O)NC21. The fourth-order valence-corrected chi connectivity index (χ4v) is 6.53. The van der Waals surface area contributed by atoms with Crippen LogP contribution in [0.2, 0.25) is 0 Å². The van der Waals surface area contributed by atoms with E-state index in [4.69, 9.17) is 47.4 Å². The Morgan fingerprint density at radius 2 is 1.04 bits per heavy atom. The lowest BCUT2D eigenvalue weighted by Gasteiger charge is -2.17. The lowest BCUT2D eigenvalue weighted by Crippen LogP contribution is -2.36. The summed E-state index contributed by atoms with van der Waals surface area (Å²) in [6.45, 7) is 17.3. The number of carbonyl (C=O) groups is 2. The third-order valence-electron chi connectivity index (χ3n) is 7.53. The first-order chi connectivity index (χ1) is 24.8. The molecule has 0 radical (unpaired) electrons. The maximum Gasteiger partial charge on any atom is 0.315 e. The first-order valence-electron chi connectivity index (χ1n) is 18.6. The average Bonchev–Trinajstić information content (AvgIpc) is 3.65. The van der Waals surface area contributed by atoms with Crippen molar-refractivity contribution in [1.82, 2.24) is 16.0 Å². The van der Waals surface area contributed by atoms with Gasteiger partial charge in [-0.25, -0.2) is 4.79 Å². The number of urea groups is 1. The van der Waals surface area contributed by atoms with Gasteiger partial charge in [0.2, 0.25) is 5.91 Å². The van der Waals surface area contributed by atoms with Crippen LogP contribution in [0.5, 0.6) is 0 Å². The predicted octanol–water partition coefficient (Wildman–Crippen LogP) is 2.04. The normalized spacial score (nSPS) is 18.6. The van der Waals surface area contributed by atoms with E-state index in [1.54, 1.807) is 0 Å². The minimum absolute atomic E-state index is 0.0455. The highest BCUT2D eigenvalue weighted by Crippen LogP contribution is 2.33. The van der Waals surface area contributed by atoms with Crippen molar-refractivity contribution in [3.63, 3.8) is 0 Å². The molecule has 0 bridgehead atoms. The smallest absolute Gasteiger partial charge is 0.315 e. The second-order valence-corrected chi connectivity index (χ2v) is 14.6. The van der Waals surface area contributed by atoms with Gasteiger partial charge >= 0.3 is 6.03 Å². The molecule has 0 aliphatic carbocycles. The fraction of sp³-hybridized carbons (Fsp3) is 0.943. The Morgan fingerprint density at radius 1 is 0.627 bits per heavy atom. The van der Waals surface area contributed by atoms with Crippen molar-refractivity contribution in [3.8, 4) is 0 Å². The van der Waals surface area contributed by atoms with Crippen LogP contribution in [0.3, 0.4) is 0 Å². The van der Waals surface area contributed by atoms with Gasteiger partial charge in [0.25, 0.3) is 0 Å². The average molecular weight is 754 g/mol. The van der Waals surface area contributed by atoms with Gasteiger partial charge < -0.3 is 63.3 Å². The Labute approximate surface area is 309 Å². The minimum atomic E-state index is -0.0591. The first-order valence-corrected chi connectivity index (χ1v) is 19.6. The van der Waals surface area contributed by atoms with E-state index in [2.05, 4.69) is 36.7 Å². The van der Waals surface area contributed by atoms with Crippen molar-refractivity contribution in [2.24, 2.45) is 5.41 Å². The van der Waals surface area contributed by atoms with Crippen LogP contribution < -0.4 is 16.0 Å². The van der Waals surface area contributed by atoms with Gasteiger partial charge in [-0.15, -0.1) is 0 Å². The van der Waals surface area contributed by atoms with Crippen LogP contribution >= 0.6 is 11.8 Å². The summed E-state index contributed by atoms with van der Waals surface area (Å²) < 4.78 is 55.0. The molecule has 2 fully saturated rings. The van der Waals surface area contributed by atoms with Crippen molar-refractivity contribution in [2.45, 2.75) is 63.8 Å². The molecule has 16 heteroatoms. The molecule has 3 atom stereocenters. The summed E-state index contributed by atoms with van der Waals surface area (Å²) in [7, 11) is 0.